The maximum absolute atomic E-state index is 11.9. The maximum atomic E-state index is 11.9. The van der Waals surface area contributed by atoms with E-state index in [1.807, 2.05) is 12.1 Å². The first-order chi connectivity index (χ1) is 9.33. The van der Waals surface area contributed by atoms with Gasteiger partial charge in [-0.3, -0.25) is 4.98 Å². The topological polar surface area (TPSA) is 57.7 Å². The largest absolute Gasteiger partial charge is 0.485 e. The number of hydrogen-bond acceptors (Lipinski definition) is 5. The molecule has 104 valence electrons. The fraction of sp³-hybridized carbons (Fsp3) is 0.143. The van der Waals surface area contributed by atoms with Gasteiger partial charge in [-0.15, -0.1) is 12.4 Å². The molecule has 1 aromatic heterocycles. The van der Waals surface area contributed by atoms with E-state index in [2.05, 4.69) is 4.98 Å². The predicted molar refractivity (Wildman–Crippen MR) is 73.5 cm³/mol. The van der Waals surface area contributed by atoms with Crippen molar-refractivity contribution in [2.75, 3.05) is 6.61 Å². The molecule has 1 aromatic carbocycles. The molecule has 0 spiro atoms. The van der Waals surface area contributed by atoms with Crippen molar-refractivity contribution in [3.05, 3.63) is 48.8 Å². The van der Waals surface area contributed by atoms with Crippen molar-refractivity contribution in [1.82, 2.24) is 4.98 Å². The normalized spacial score (nSPS) is 15.9. The lowest BCUT2D eigenvalue weighted by Gasteiger charge is -2.24. The second-order valence-corrected chi connectivity index (χ2v) is 3.97. The fourth-order valence-corrected chi connectivity index (χ4v) is 1.73. The van der Waals surface area contributed by atoms with Crippen LogP contribution in [0.2, 0.25) is 0 Å². The number of halogens is 1. The first-order valence-electron chi connectivity index (χ1n) is 5.83. The average molecular weight is 294 g/mol. The lowest BCUT2D eigenvalue weighted by molar-refractivity contribution is -0.144. The monoisotopic (exact) mass is 293 g/mol. The van der Waals surface area contributed by atoms with E-state index in [0.717, 1.165) is 0 Å². The minimum Gasteiger partial charge on any atom is -0.485 e. The van der Waals surface area contributed by atoms with Gasteiger partial charge in [-0.1, -0.05) is 12.1 Å². The highest BCUT2D eigenvalue weighted by Gasteiger charge is 2.29. The van der Waals surface area contributed by atoms with Crippen molar-refractivity contribution in [2.24, 2.45) is 0 Å². The SMILES string of the molecule is Cl.O=C(Oc1cccnc1)C1COc2ccccc2O1. The quantitative estimate of drug-likeness (QED) is 0.795. The molecule has 1 unspecified atom stereocenters. The van der Waals surface area contributed by atoms with E-state index in [1.165, 1.54) is 6.20 Å². The van der Waals surface area contributed by atoms with Crippen molar-refractivity contribution in [2.45, 2.75) is 6.10 Å². The maximum Gasteiger partial charge on any atom is 0.356 e. The molecule has 0 radical (unpaired) electrons. The zero-order valence-electron chi connectivity index (χ0n) is 10.4. The van der Waals surface area contributed by atoms with Gasteiger partial charge in [-0.05, 0) is 24.3 Å². The van der Waals surface area contributed by atoms with Gasteiger partial charge in [0.05, 0.1) is 6.20 Å². The number of rotatable bonds is 2. The number of hydrogen-bond donors (Lipinski definition) is 0. The lowest BCUT2D eigenvalue weighted by Crippen LogP contribution is -2.39. The second kappa shape index (κ2) is 6.25. The molecule has 6 heteroatoms. The van der Waals surface area contributed by atoms with Gasteiger partial charge in [0.25, 0.3) is 0 Å². The number of para-hydroxylation sites is 2. The molecule has 1 atom stereocenters. The summed E-state index contributed by atoms with van der Waals surface area (Å²) >= 11 is 0. The third kappa shape index (κ3) is 3.00. The number of nitrogens with zero attached hydrogens (tertiary/aromatic N) is 1. The van der Waals surface area contributed by atoms with E-state index in [0.29, 0.717) is 17.2 Å². The summed E-state index contributed by atoms with van der Waals surface area (Å²) in [5.74, 6) is 1.06. The Labute approximate surface area is 121 Å². The van der Waals surface area contributed by atoms with Crippen LogP contribution >= 0.6 is 12.4 Å². The fourth-order valence-electron chi connectivity index (χ4n) is 1.73. The molecule has 20 heavy (non-hydrogen) atoms. The van der Waals surface area contributed by atoms with Gasteiger partial charge in [-0.2, -0.15) is 0 Å². The highest BCUT2D eigenvalue weighted by Crippen LogP contribution is 2.31. The number of ether oxygens (including phenoxy) is 3. The first-order valence-corrected chi connectivity index (χ1v) is 5.83. The molecule has 0 amide bonds. The van der Waals surface area contributed by atoms with Gasteiger partial charge in [-0.25, -0.2) is 4.79 Å². The minimum absolute atomic E-state index is 0. The number of carbonyl (C=O) groups is 1. The van der Waals surface area contributed by atoms with Crippen molar-refractivity contribution in [3.8, 4) is 17.2 Å². The number of benzene rings is 1. The zero-order valence-corrected chi connectivity index (χ0v) is 11.2. The Bertz CT molecular complexity index is 591. The van der Waals surface area contributed by atoms with E-state index in [9.17, 15) is 4.79 Å². The highest BCUT2D eigenvalue weighted by molar-refractivity contribution is 5.85. The second-order valence-electron chi connectivity index (χ2n) is 3.97. The van der Waals surface area contributed by atoms with Crippen LogP contribution in [-0.4, -0.2) is 23.7 Å². The number of fused-ring (bicyclic) bond motifs is 1. The number of carbonyl (C=O) groups excluding carboxylic acids is 1. The Morgan fingerprint density at radius 2 is 2.00 bits per heavy atom. The summed E-state index contributed by atoms with van der Waals surface area (Å²) in [6, 6.07) is 10.5. The van der Waals surface area contributed by atoms with Crippen molar-refractivity contribution < 1.29 is 19.0 Å². The Hall–Kier alpha value is -2.27. The van der Waals surface area contributed by atoms with Crippen LogP contribution in [0.25, 0.3) is 0 Å². The van der Waals surface area contributed by atoms with E-state index in [4.69, 9.17) is 14.2 Å². The molecule has 0 aliphatic carbocycles. The average Bonchev–Trinajstić information content (AvgIpc) is 2.48. The highest BCUT2D eigenvalue weighted by atomic mass is 35.5. The lowest BCUT2D eigenvalue weighted by atomic mass is 10.2. The van der Waals surface area contributed by atoms with Crippen LogP contribution in [0.1, 0.15) is 0 Å². The van der Waals surface area contributed by atoms with Crippen LogP contribution in [-0.2, 0) is 4.79 Å². The van der Waals surface area contributed by atoms with Crippen LogP contribution in [0.3, 0.4) is 0 Å². The smallest absolute Gasteiger partial charge is 0.356 e. The number of pyridine rings is 1. The molecule has 0 saturated heterocycles. The first kappa shape index (κ1) is 14.1. The summed E-state index contributed by atoms with van der Waals surface area (Å²) in [7, 11) is 0. The molecule has 1 aliphatic rings. The standard InChI is InChI=1S/C14H11NO4.ClH/c16-14(18-10-4-3-7-15-8-10)13-9-17-11-5-1-2-6-12(11)19-13;/h1-8,13H,9H2;1H. The summed E-state index contributed by atoms with van der Waals surface area (Å²) in [5.41, 5.74) is 0. The molecule has 3 rings (SSSR count). The molecule has 1 aliphatic heterocycles. The third-order valence-electron chi connectivity index (χ3n) is 2.62. The molecule has 2 aromatic rings. The number of aromatic nitrogens is 1. The third-order valence-corrected chi connectivity index (χ3v) is 2.62. The molecule has 2 heterocycles. The van der Waals surface area contributed by atoms with Crippen LogP contribution < -0.4 is 14.2 Å². The molecule has 0 N–H and O–H groups in total. The minimum atomic E-state index is -0.768. The summed E-state index contributed by atoms with van der Waals surface area (Å²) in [6.07, 6.45) is 2.30. The Balaban J connectivity index is 0.00000147. The Kier molecular flexibility index (Phi) is 4.42. The molecule has 0 fully saturated rings. The van der Waals surface area contributed by atoms with Crippen molar-refractivity contribution in [3.63, 3.8) is 0 Å². The van der Waals surface area contributed by atoms with E-state index < -0.39 is 12.1 Å². The number of esters is 1. The zero-order chi connectivity index (χ0) is 13.1. The van der Waals surface area contributed by atoms with Crippen LogP contribution in [0.5, 0.6) is 17.2 Å². The molecular weight excluding hydrogens is 282 g/mol. The van der Waals surface area contributed by atoms with Gasteiger partial charge in [0, 0.05) is 6.20 Å². The molecule has 0 saturated carbocycles. The van der Waals surface area contributed by atoms with Crippen LogP contribution in [0.15, 0.2) is 48.8 Å². The van der Waals surface area contributed by atoms with Gasteiger partial charge in [0.2, 0.25) is 6.10 Å². The van der Waals surface area contributed by atoms with Crippen LogP contribution in [0, 0.1) is 0 Å². The van der Waals surface area contributed by atoms with E-state index >= 15 is 0 Å². The summed E-state index contributed by atoms with van der Waals surface area (Å²) in [4.78, 5) is 15.8. The van der Waals surface area contributed by atoms with Crippen molar-refractivity contribution >= 4 is 18.4 Å². The van der Waals surface area contributed by atoms with Gasteiger partial charge >= 0.3 is 5.97 Å². The van der Waals surface area contributed by atoms with Gasteiger partial charge < -0.3 is 14.2 Å². The van der Waals surface area contributed by atoms with Gasteiger partial charge in [0.1, 0.15) is 12.4 Å². The molecule has 0 bridgehead atoms. The Morgan fingerprint density at radius 3 is 2.75 bits per heavy atom. The van der Waals surface area contributed by atoms with Gasteiger partial charge in [0.15, 0.2) is 11.5 Å². The Morgan fingerprint density at radius 1 is 1.20 bits per heavy atom. The van der Waals surface area contributed by atoms with Crippen molar-refractivity contribution in [1.29, 1.82) is 0 Å². The molecular formula is C14H12ClNO4. The summed E-state index contributed by atoms with van der Waals surface area (Å²) in [6.45, 7) is 0.135. The summed E-state index contributed by atoms with van der Waals surface area (Å²) in [5, 5.41) is 0. The van der Waals surface area contributed by atoms with E-state index in [-0.39, 0.29) is 19.0 Å². The molecule has 5 nitrogen and oxygen atoms in total. The summed E-state index contributed by atoms with van der Waals surface area (Å²) < 4.78 is 16.2. The predicted octanol–water partition coefficient (Wildman–Crippen LogP) is 2.25. The van der Waals surface area contributed by atoms with E-state index in [1.54, 1.807) is 30.5 Å². The van der Waals surface area contributed by atoms with Crippen LogP contribution in [0.4, 0.5) is 0 Å².